The Hall–Kier alpha value is -3.44. The number of anilines is 1. The van der Waals surface area contributed by atoms with Crippen molar-refractivity contribution in [3.05, 3.63) is 36.0 Å². The van der Waals surface area contributed by atoms with E-state index in [1.165, 1.54) is 24.2 Å². The zero-order chi connectivity index (χ0) is 24.8. The van der Waals surface area contributed by atoms with Gasteiger partial charge in [-0.15, -0.1) is 0 Å². The predicted molar refractivity (Wildman–Crippen MR) is 137 cm³/mol. The molecular formula is C25H28N6O4S. The minimum Gasteiger partial charge on any atom is -0.454 e. The van der Waals surface area contributed by atoms with Crippen molar-refractivity contribution in [2.24, 2.45) is 0 Å². The molecule has 11 heteroatoms. The molecule has 10 nitrogen and oxygen atoms in total. The van der Waals surface area contributed by atoms with Crippen molar-refractivity contribution in [3.8, 4) is 11.5 Å². The van der Waals surface area contributed by atoms with E-state index in [4.69, 9.17) is 9.47 Å². The Morgan fingerprint density at radius 2 is 1.97 bits per heavy atom. The summed E-state index contributed by atoms with van der Waals surface area (Å²) < 4.78 is 12.9. The zero-order valence-electron chi connectivity index (χ0n) is 20.2. The normalized spacial score (nSPS) is 19.4. The molecule has 2 aromatic heterocycles. The predicted octanol–water partition coefficient (Wildman–Crippen LogP) is 3.66. The summed E-state index contributed by atoms with van der Waals surface area (Å²) in [6.07, 6.45) is 4.46. The highest BCUT2D eigenvalue weighted by Gasteiger charge is 2.34. The fraction of sp³-hybridized carbons (Fsp3) is 0.440. The van der Waals surface area contributed by atoms with Crippen LogP contribution in [-0.4, -0.2) is 75.4 Å². The molecule has 3 aromatic rings. The van der Waals surface area contributed by atoms with Gasteiger partial charge in [-0.25, -0.2) is 4.68 Å². The third-order valence-electron chi connectivity index (χ3n) is 6.95. The van der Waals surface area contributed by atoms with E-state index >= 15 is 0 Å². The third kappa shape index (κ3) is 4.11. The van der Waals surface area contributed by atoms with E-state index in [1.54, 1.807) is 22.9 Å². The first-order valence-corrected chi connectivity index (χ1v) is 13.1. The number of hydrogen-bond acceptors (Lipinski definition) is 8. The number of carbonyl (C=O) groups excluding carboxylic acids is 2. The molecule has 5 heterocycles. The molecule has 0 aliphatic carbocycles. The maximum atomic E-state index is 13.7. The fourth-order valence-electron chi connectivity index (χ4n) is 5.16. The molecule has 188 valence electrons. The van der Waals surface area contributed by atoms with E-state index in [9.17, 15) is 9.59 Å². The number of amides is 2. The van der Waals surface area contributed by atoms with Gasteiger partial charge in [0, 0.05) is 30.4 Å². The molecule has 6 rings (SSSR count). The van der Waals surface area contributed by atoms with Crippen molar-refractivity contribution in [3.63, 3.8) is 0 Å². The number of hydrogen-bond donors (Lipinski definition) is 1. The SMILES string of the molecule is C=C(C)n1nc(C(=O)N2CCC[C@H]2CN2CCCC2)c2sc(NC(=O)c3ccc4c(c3)OCO4)nc21. The molecule has 0 saturated carbocycles. The zero-order valence-corrected chi connectivity index (χ0v) is 21.0. The average molecular weight is 509 g/mol. The second-order valence-electron chi connectivity index (χ2n) is 9.49. The van der Waals surface area contributed by atoms with Gasteiger partial charge < -0.3 is 19.3 Å². The number of rotatable bonds is 6. The van der Waals surface area contributed by atoms with Crippen LogP contribution in [0, 0.1) is 0 Å². The number of allylic oxidation sites excluding steroid dienone is 1. The van der Waals surface area contributed by atoms with Crippen LogP contribution in [0.5, 0.6) is 11.5 Å². The highest BCUT2D eigenvalue weighted by molar-refractivity contribution is 7.22. The first-order chi connectivity index (χ1) is 17.5. The molecule has 3 aliphatic heterocycles. The molecule has 1 aromatic carbocycles. The Bertz CT molecular complexity index is 1360. The largest absolute Gasteiger partial charge is 0.454 e. The van der Waals surface area contributed by atoms with E-state index in [-0.39, 0.29) is 24.6 Å². The smallest absolute Gasteiger partial charge is 0.276 e. The van der Waals surface area contributed by atoms with Gasteiger partial charge in [-0.2, -0.15) is 10.1 Å². The van der Waals surface area contributed by atoms with Gasteiger partial charge in [-0.05, 0) is 63.9 Å². The van der Waals surface area contributed by atoms with Crippen molar-refractivity contribution in [2.45, 2.75) is 38.6 Å². The van der Waals surface area contributed by atoms with Gasteiger partial charge in [0.1, 0.15) is 4.70 Å². The van der Waals surface area contributed by atoms with Gasteiger partial charge in [-0.3, -0.25) is 14.9 Å². The van der Waals surface area contributed by atoms with Gasteiger partial charge in [0.25, 0.3) is 11.8 Å². The van der Waals surface area contributed by atoms with Crippen LogP contribution < -0.4 is 14.8 Å². The monoisotopic (exact) mass is 508 g/mol. The van der Waals surface area contributed by atoms with Gasteiger partial charge in [0.05, 0.1) is 0 Å². The van der Waals surface area contributed by atoms with Crippen LogP contribution in [0.15, 0.2) is 24.8 Å². The number of fused-ring (bicyclic) bond motifs is 2. The lowest BCUT2D eigenvalue weighted by atomic mass is 10.2. The van der Waals surface area contributed by atoms with Crippen LogP contribution in [0.1, 0.15) is 53.5 Å². The van der Waals surface area contributed by atoms with Crippen molar-refractivity contribution in [2.75, 3.05) is 38.3 Å². The summed E-state index contributed by atoms with van der Waals surface area (Å²) in [5, 5.41) is 7.84. The van der Waals surface area contributed by atoms with Gasteiger partial charge in [0.15, 0.2) is 28.0 Å². The van der Waals surface area contributed by atoms with Gasteiger partial charge in [-0.1, -0.05) is 17.9 Å². The summed E-state index contributed by atoms with van der Waals surface area (Å²) >= 11 is 1.25. The van der Waals surface area contributed by atoms with Crippen LogP contribution in [0.25, 0.3) is 16.0 Å². The lowest BCUT2D eigenvalue weighted by Gasteiger charge is -2.28. The van der Waals surface area contributed by atoms with E-state index in [2.05, 4.69) is 26.9 Å². The van der Waals surface area contributed by atoms with Crippen molar-refractivity contribution in [1.82, 2.24) is 24.6 Å². The lowest BCUT2D eigenvalue weighted by Crippen LogP contribution is -2.42. The Labute approximate surface area is 212 Å². The number of ether oxygens (including phenoxy) is 2. The van der Waals surface area contributed by atoms with E-state index in [0.717, 1.165) is 39.0 Å². The Kier molecular flexibility index (Phi) is 5.88. The van der Waals surface area contributed by atoms with Crippen LogP contribution in [0.2, 0.25) is 0 Å². The Balaban J connectivity index is 1.27. The van der Waals surface area contributed by atoms with Crippen LogP contribution in [0.4, 0.5) is 5.13 Å². The first-order valence-electron chi connectivity index (χ1n) is 12.3. The highest BCUT2D eigenvalue weighted by atomic mass is 32.1. The van der Waals surface area contributed by atoms with Crippen LogP contribution >= 0.6 is 11.3 Å². The highest BCUT2D eigenvalue weighted by Crippen LogP contribution is 2.35. The number of likely N-dealkylation sites (tertiary alicyclic amines) is 2. The van der Waals surface area contributed by atoms with Gasteiger partial charge in [0.2, 0.25) is 6.79 Å². The summed E-state index contributed by atoms with van der Waals surface area (Å²) in [7, 11) is 0. The molecule has 0 spiro atoms. The summed E-state index contributed by atoms with van der Waals surface area (Å²) in [6, 6.07) is 5.22. The first kappa shape index (κ1) is 23.0. The topological polar surface area (TPSA) is 102 Å². The molecule has 2 fully saturated rings. The maximum Gasteiger partial charge on any atom is 0.276 e. The summed E-state index contributed by atoms with van der Waals surface area (Å²) in [6.45, 7) is 9.81. The Morgan fingerprint density at radius 1 is 1.17 bits per heavy atom. The van der Waals surface area contributed by atoms with Crippen molar-refractivity contribution >= 4 is 44.3 Å². The lowest BCUT2D eigenvalue weighted by molar-refractivity contribution is 0.0704. The molecule has 3 aliphatic rings. The molecule has 0 radical (unpaired) electrons. The van der Waals surface area contributed by atoms with E-state index in [1.807, 2.05) is 11.8 Å². The molecule has 0 bridgehead atoms. The van der Waals surface area contributed by atoms with E-state index < -0.39 is 0 Å². The van der Waals surface area contributed by atoms with Crippen LogP contribution in [-0.2, 0) is 0 Å². The molecule has 1 N–H and O–H groups in total. The molecule has 2 saturated heterocycles. The van der Waals surface area contributed by atoms with Gasteiger partial charge >= 0.3 is 0 Å². The number of nitrogens with zero attached hydrogens (tertiary/aromatic N) is 5. The van der Waals surface area contributed by atoms with Crippen molar-refractivity contribution in [1.29, 1.82) is 0 Å². The number of carbonyl (C=O) groups is 2. The van der Waals surface area contributed by atoms with Crippen LogP contribution in [0.3, 0.4) is 0 Å². The molecular weight excluding hydrogens is 480 g/mol. The second kappa shape index (κ2) is 9.21. The fourth-order valence-corrected chi connectivity index (χ4v) is 6.08. The number of benzene rings is 1. The number of thiazole rings is 1. The summed E-state index contributed by atoms with van der Waals surface area (Å²) in [5.74, 6) is 0.740. The second-order valence-corrected chi connectivity index (χ2v) is 10.5. The number of nitrogens with one attached hydrogen (secondary N) is 1. The third-order valence-corrected chi connectivity index (χ3v) is 7.92. The standard InChI is InChI=1S/C25H28N6O4S/c1-15(2)31-22-21(20(28-31)24(33)30-11-5-6-17(30)13-29-9-3-4-10-29)36-25(26-22)27-23(32)16-7-8-18-19(12-16)35-14-34-18/h7-8,12,17H,1,3-6,9-11,13-14H2,2H3,(H,26,27,32)/t17-/m0/s1. The minimum atomic E-state index is -0.322. The number of aromatic nitrogens is 3. The maximum absolute atomic E-state index is 13.7. The quantitative estimate of drug-likeness (QED) is 0.542. The molecule has 36 heavy (non-hydrogen) atoms. The molecule has 2 amide bonds. The average Bonchev–Trinajstić information content (AvgIpc) is 3.67. The minimum absolute atomic E-state index is 0.0843. The van der Waals surface area contributed by atoms with E-state index in [0.29, 0.717) is 43.9 Å². The molecule has 0 unspecified atom stereocenters. The summed E-state index contributed by atoms with van der Waals surface area (Å²) in [4.78, 5) is 35.6. The molecule has 1 atom stereocenters. The van der Waals surface area contributed by atoms with Crippen molar-refractivity contribution < 1.29 is 19.1 Å². The summed E-state index contributed by atoms with van der Waals surface area (Å²) in [5.41, 5.74) is 1.96. The Morgan fingerprint density at radius 3 is 2.78 bits per heavy atom.